The smallest absolute Gasteiger partial charge is 0.132 e. The quantitative estimate of drug-likeness (QED) is 0.202. The minimum atomic E-state index is 0.551. The number of methoxy groups -OCH3 is 4. The number of hydrogen-bond donors (Lipinski definition) is 2. The summed E-state index contributed by atoms with van der Waals surface area (Å²) in [6, 6.07) is 24.8. The summed E-state index contributed by atoms with van der Waals surface area (Å²) in [5, 5.41) is 2.06. The Morgan fingerprint density at radius 1 is 0.512 bits per heavy atom. The zero-order valence-corrected chi connectivity index (χ0v) is 24.3. The number of aromatic amines is 2. The van der Waals surface area contributed by atoms with Gasteiger partial charge in [0.05, 0.1) is 50.2 Å². The van der Waals surface area contributed by atoms with Crippen LogP contribution in [-0.2, 0) is 6.42 Å². The van der Waals surface area contributed by atoms with E-state index in [1.165, 1.54) is 0 Å². The van der Waals surface area contributed by atoms with Crippen molar-refractivity contribution in [2.75, 3.05) is 28.4 Å². The molecule has 6 heteroatoms. The number of aromatic nitrogens is 2. The Bertz CT molecular complexity index is 1730. The molecule has 0 saturated heterocycles. The molecule has 0 aliphatic heterocycles. The lowest BCUT2D eigenvalue weighted by atomic mass is 9.94. The van der Waals surface area contributed by atoms with E-state index < -0.39 is 0 Å². The monoisotopic (exact) mass is 546 g/mol. The summed E-state index contributed by atoms with van der Waals surface area (Å²) in [6.45, 7) is 4.20. The number of rotatable bonds is 8. The second-order valence-electron chi connectivity index (χ2n) is 10.2. The molecule has 2 aromatic heterocycles. The first-order valence-electron chi connectivity index (χ1n) is 13.6. The molecule has 0 amide bonds. The second-order valence-corrected chi connectivity index (χ2v) is 10.2. The van der Waals surface area contributed by atoms with Crippen LogP contribution < -0.4 is 18.9 Å². The lowest BCUT2D eigenvalue weighted by Gasteiger charge is -2.17. The van der Waals surface area contributed by atoms with Crippen LogP contribution >= 0.6 is 0 Å². The van der Waals surface area contributed by atoms with E-state index in [0.717, 1.165) is 89.6 Å². The van der Waals surface area contributed by atoms with E-state index in [0.29, 0.717) is 6.42 Å². The minimum Gasteiger partial charge on any atom is -0.496 e. The number of benzene rings is 4. The zero-order chi connectivity index (χ0) is 28.7. The zero-order valence-electron chi connectivity index (χ0n) is 24.3. The Morgan fingerprint density at radius 2 is 0.878 bits per heavy atom. The van der Waals surface area contributed by atoms with Crippen molar-refractivity contribution in [2.45, 2.75) is 20.3 Å². The standard InChI is InChI=1S/C35H34N2O4/c1-20-30(22-13-9-7-10-14-22)32-28(40-5)18-26(38-3)24(34(32)36-20)17-25-27(39-4)19-29(41-6)33-31(21(2)37-35(25)33)23-15-11-8-12-16-23/h7-16,18-19,36-37H,17H2,1-6H3. The predicted molar refractivity (Wildman–Crippen MR) is 166 cm³/mol. The summed E-state index contributed by atoms with van der Waals surface area (Å²) >= 11 is 0. The van der Waals surface area contributed by atoms with Crippen LogP contribution in [0.1, 0.15) is 22.5 Å². The Labute approximate surface area is 239 Å². The fraction of sp³-hybridized carbons (Fsp3) is 0.200. The molecule has 6 aromatic rings. The van der Waals surface area contributed by atoms with E-state index in [4.69, 9.17) is 18.9 Å². The molecule has 0 spiro atoms. The maximum absolute atomic E-state index is 5.98. The number of hydrogen-bond acceptors (Lipinski definition) is 4. The highest BCUT2D eigenvalue weighted by atomic mass is 16.5. The van der Waals surface area contributed by atoms with Crippen molar-refractivity contribution in [2.24, 2.45) is 0 Å². The van der Waals surface area contributed by atoms with Crippen LogP contribution in [0.15, 0.2) is 72.8 Å². The molecule has 6 nitrogen and oxygen atoms in total. The molecule has 0 fully saturated rings. The van der Waals surface area contributed by atoms with Gasteiger partial charge < -0.3 is 28.9 Å². The fourth-order valence-electron chi connectivity index (χ4n) is 6.14. The van der Waals surface area contributed by atoms with Crippen molar-refractivity contribution in [3.05, 3.63) is 95.3 Å². The maximum atomic E-state index is 5.98. The molecule has 4 aromatic carbocycles. The van der Waals surface area contributed by atoms with Gasteiger partial charge in [-0.3, -0.25) is 0 Å². The topological polar surface area (TPSA) is 68.5 Å². The molecule has 0 atom stereocenters. The van der Waals surface area contributed by atoms with E-state index in [1.54, 1.807) is 28.4 Å². The molecule has 0 radical (unpaired) electrons. The fourth-order valence-corrected chi connectivity index (χ4v) is 6.14. The summed E-state index contributed by atoms with van der Waals surface area (Å²) in [4.78, 5) is 7.36. The highest BCUT2D eigenvalue weighted by molar-refractivity contribution is 6.06. The van der Waals surface area contributed by atoms with Gasteiger partial charge >= 0.3 is 0 Å². The van der Waals surface area contributed by atoms with Gasteiger partial charge in [0.1, 0.15) is 23.0 Å². The lowest BCUT2D eigenvalue weighted by molar-refractivity contribution is 0.392. The van der Waals surface area contributed by atoms with E-state index in [2.05, 4.69) is 72.3 Å². The first-order chi connectivity index (χ1) is 20.0. The Morgan fingerprint density at radius 3 is 1.22 bits per heavy atom. The molecule has 0 bridgehead atoms. The van der Waals surface area contributed by atoms with Gasteiger partial charge in [0.25, 0.3) is 0 Å². The number of H-pyrrole nitrogens is 2. The van der Waals surface area contributed by atoms with Crippen molar-refractivity contribution >= 4 is 21.8 Å². The average molecular weight is 547 g/mol. The molecular formula is C35H34N2O4. The van der Waals surface area contributed by atoms with Crippen molar-refractivity contribution in [1.29, 1.82) is 0 Å². The molecular weight excluding hydrogens is 512 g/mol. The third kappa shape index (κ3) is 4.27. The van der Waals surface area contributed by atoms with E-state index >= 15 is 0 Å². The van der Waals surface area contributed by atoms with Crippen LogP contribution in [0, 0.1) is 13.8 Å². The molecule has 2 heterocycles. The lowest BCUT2D eigenvalue weighted by Crippen LogP contribution is -2.01. The van der Waals surface area contributed by atoms with E-state index in [1.807, 2.05) is 24.3 Å². The van der Waals surface area contributed by atoms with Crippen LogP contribution in [-0.4, -0.2) is 38.4 Å². The van der Waals surface area contributed by atoms with E-state index in [-0.39, 0.29) is 0 Å². The molecule has 0 aliphatic carbocycles. The molecule has 6 rings (SSSR count). The number of aryl methyl sites for hydroxylation is 2. The highest BCUT2D eigenvalue weighted by Crippen LogP contribution is 2.47. The first kappa shape index (κ1) is 26.4. The predicted octanol–water partition coefficient (Wildman–Crippen LogP) is 8.23. The van der Waals surface area contributed by atoms with Crippen molar-refractivity contribution < 1.29 is 18.9 Å². The van der Waals surface area contributed by atoms with Gasteiger partial charge in [-0.15, -0.1) is 0 Å². The van der Waals surface area contributed by atoms with Crippen molar-refractivity contribution in [3.8, 4) is 45.3 Å². The van der Waals surface area contributed by atoms with Crippen LogP contribution in [0.25, 0.3) is 44.1 Å². The second kappa shape index (κ2) is 10.6. The molecule has 0 unspecified atom stereocenters. The Hall–Kier alpha value is -4.84. The van der Waals surface area contributed by atoms with Gasteiger partial charge in [0.15, 0.2) is 0 Å². The Kier molecular flexibility index (Phi) is 6.83. The maximum Gasteiger partial charge on any atom is 0.132 e. The summed E-state index contributed by atoms with van der Waals surface area (Å²) in [5.41, 5.74) is 10.6. The average Bonchev–Trinajstić information content (AvgIpc) is 3.54. The van der Waals surface area contributed by atoms with Crippen LogP contribution in [0.2, 0.25) is 0 Å². The SMILES string of the molecule is COc1cc(OC)c2c(-c3ccccc3)c(C)[nH]c2c1Cc1c(OC)cc(OC)c2c(-c3ccccc3)c(C)[nH]c12. The third-order valence-electron chi connectivity index (χ3n) is 7.95. The van der Waals surface area contributed by atoms with E-state index in [9.17, 15) is 0 Å². The van der Waals surface area contributed by atoms with Crippen molar-refractivity contribution in [3.63, 3.8) is 0 Å². The highest BCUT2D eigenvalue weighted by Gasteiger charge is 2.26. The van der Waals surface area contributed by atoms with Gasteiger partial charge in [0, 0.05) is 52.2 Å². The first-order valence-corrected chi connectivity index (χ1v) is 13.6. The molecule has 41 heavy (non-hydrogen) atoms. The molecule has 2 N–H and O–H groups in total. The summed E-state index contributed by atoms with van der Waals surface area (Å²) in [6.07, 6.45) is 0.551. The van der Waals surface area contributed by atoms with Gasteiger partial charge in [-0.25, -0.2) is 0 Å². The number of fused-ring (bicyclic) bond motifs is 2. The molecule has 0 saturated carbocycles. The minimum absolute atomic E-state index is 0.551. The van der Waals surface area contributed by atoms with Crippen LogP contribution in [0.3, 0.4) is 0 Å². The third-order valence-corrected chi connectivity index (χ3v) is 7.95. The van der Waals surface area contributed by atoms with Gasteiger partial charge in [-0.05, 0) is 25.0 Å². The number of nitrogens with one attached hydrogen (secondary N) is 2. The molecule has 208 valence electrons. The van der Waals surface area contributed by atoms with Crippen LogP contribution in [0.5, 0.6) is 23.0 Å². The van der Waals surface area contributed by atoms with Gasteiger partial charge in [-0.1, -0.05) is 60.7 Å². The Balaban J connectivity index is 1.64. The summed E-state index contributed by atoms with van der Waals surface area (Å²) in [7, 11) is 6.80. The summed E-state index contributed by atoms with van der Waals surface area (Å²) in [5.74, 6) is 3.01. The number of ether oxygens (including phenoxy) is 4. The van der Waals surface area contributed by atoms with Crippen LogP contribution in [0.4, 0.5) is 0 Å². The summed E-state index contributed by atoms with van der Waals surface area (Å²) < 4.78 is 23.8. The van der Waals surface area contributed by atoms with Gasteiger partial charge in [0.2, 0.25) is 0 Å². The van der Waals surface area contributed by atoms with Gasteiger partial charge in [-0.2, -0.15) is 0 Å². The normalized spacial score (nSPS) is 11.3. The molecule has 0 aliphatic rings. The largest absolute Gasteiger partial charge is 0.496 e. The van der Waals surface area contributed by atoms with Crippen molar-refractivity contribution in [1.82, 2.24) is 9.97 Å².